The number of aromatic nitrogens is 2. The largest absolute Gasteiger partial charge is 0.336 e. The number of carbonyl (C=O) groups excluding carboxylic acids is 1. The number of para-hydroxylation sites is 1. The fourth-order valence-electron chi connectivity index (χ4n) is 3.80. The summed E-state index contributed by atoms with van der Waals surface area (Å²) in [4.78, 5) is 27.2. The Labute approximate surface area is 146 Å². The molecule has 2 aromatic rings. The van der Waals surface area contributed by atoms with Gasteiger partial charge in [0, 0.05) is 36.9 Å². The van der Waals surface area contributed by atoms with Gasteiger partial charge >= 0.3 is 0 Å². The predicted octanol–water partition coefficient (Wildman–Crippen LogP) is 1.51. The molecule has 2 unspecified atom stereocenters. The smallest absolute Gasteiger partial charge is 0.278 e. The summed E-state index contributed by atoms with van der Waals surface area (Å²) in [6.07, 6.45) is 3.20. The second-order valence-corrected chi connectivity index (χ2v) is 6.92. The van der Waals surface area contributed by atoms with Crippen molar-refractivity contribution >= 4 is 5.91 Å². The number of hydrogen-bond donors (Lipinski definition) is 1. The average molecular weight is 338 g/mol. The number of likely N-dealkylation sites (tertiary alicyclic amines) is 1. The van der Waals surface area contributed by atoms with Crippen molar-refractivity contribution < 1.29 is 4.79 Å². The Hall–Kier alpha value is -2.47. The summed E-state index contributed by atoms with van der Waals surface area (Å²) < 4.78 is 1.66. The van der Waals surface area contributed by atoms with Crippen molar-refractivity contribution in [3.63, 3.8) is 0 Å². The summed E-state index contributed by atoms with van der Waals surface area (Å²) >= 11 is 0. The van der Waals surface area contributed by atoms with Gasteiger partial charge in [0.25, 0.3) is 5.91 Å². The molecular weight excluding hydrogens is 316 g/mol. The van der Waals surface area contributed by atoms with E-state index >= 15 is 0 Å². The third kappa shape index (κ3) is 3.09. The molecule has 1 aromatic carbocycles. The van der Waals surface area contributed by atoms with Crippen molar-refractivity contribution in [3.05, 3.63) is 58.0 Å². The highest BCUT2D eigenvalue weighted by molar-refractivity contribution is 5.92. The maximum Gasteiger partial charge on any atom is 0.278 e. The van der Waals surface area contributed by atoms with Gasteiger partial charge in [-0.1, -0.05) is 18.2 Å². The molecule has 2 bridgehead atoms. The third-order valence-corrected chi connectivity index (χ3v) is 5.12. The van der Waals surface area contributed by atoms with Crippen LogP contribution in [-0.2, 0) is 0 Å². The molecule has 6 heteroatoms. The molecule has 3 heterocycles. The first-order chi connectivity index (χ1) is 12.1. The van der Waals surface area contributed by atoms with Crippen molar-refractivity contribution in [2.75, 3.05) is 13.1 Å². The summed E-state index contributed by atoms with van der Waals surface area (Å²) in [5, 5.41) is 7.95. The molecule has 2 fully saturated rings. The number of nitrogens with one attached hydrogen (secondary N) is 1. The SMILES string of the molecule is Cc1cc(=O)c(C(=O)N2CCC3CCC(C2)N3)nn1-c1ccccc1. The Morgan fingerprint density at radius 3 is 2.72 bits per heavy atom. The van der Waals surface area contributed by atoms with Gasteiger partial charge in [0.1, 0.15) is 0 Å². The van der Waals surface area contributed by atoms with Crippen LogP contribution < -0.4 is 10.7 Å². The number of aryl methyl sites for hydroxylation is 1. The first-order valence-corrected chi connectivity index (χ1v) is 8.83. The molecule has 0 aliphatic carbocycles. The lowest BCUT2D eigenvalue weighted by Crippen LogP contribution is -2.41. The minimum absolute atomic E-state index is 0.00669. The van der Waals surface area contributed by atoms with Crippen LogP contribution in [0.25, 0.3) is 5.69 Å². The molecule has 1 N–H and O–H groups in total. The maximum absolute atomic E-state index is 13.0. The summed E-state index contributed by atoms with van der Waals surface area (Å²) in [6, 6.07) is 11.9. The molecule has 1 aromatic heterocycles. The molecule has 25 heavy (non-hydrogen) atoms. The van der Waals surface area contributed by atoms with E-state index in [0.717, 1.165) is 18.5 Å². The zero-order valence-electron chi connectivity index (χ0n) is 14.3. The van der Waals surface area contributed by atoms with Crippen LogP contribution in [0.3, 0.4) is 0 Å². The Morgan fingerprint density at radius 1 is 1.16 bits per heavy atom. The van der Waals surface area contributed by atoms with Gasteiger partial charge in [-0.05, 0) is 38.3 Å². The van der Waals surface area contributed by atoms with Gasteiger partial charge < -0.3 is 10.2 Å². The van der Waals surface area contributed by atoms with Crippen LogP contribution in [0.2, 0.25) is 0 Å². The zero-order valence-corrected chi connectivity index (χ0v) is 14.3. The number of carbonyl (C=O) groups is 1. The Bertz CT molecular complexity index is 846. The van der Waals surface area contributed by atoms with E-state index in [1.165, 1.54) is 12.5 Å². The molecular formula is C19H22N4O2. The van der Waals surface area contributed by atoms with E-state index in [9.17, 15) is 9.59 Å². The first kappa shape index (κ1) is 16.0. The lowest BCUT2D eigenvalue weighted by molar-refractivity contribution is 0.0738. The number of fused-ring (bicyclic) bond motifs is 2. The van der Waals surface area contributed by atoms with E-state index in [1.54, 1.807) is 9.58 Å². The molecule has 0 saturated carbocycles. The summed E-state index contributed by atoms with van der Waals surface area (Å²) in [5.74, 6) is -0.260. The molecule has 4 rings (SSSR count). The number of rotatable bonds is 2. The maximum atomic E-state index is 13.0. The van der Waals surface area contributed by atoms with Crippen LogP contribution in [0.1, 0.15) is 35.4 Å². The molecule has 0 spiro atoms. The highest BCUT2D eigenvalue weighted by atomic mass is 16.2. The topological polar surface area (TPSA) is 67.2 Å². The molecule has 0 radical (unpaired) electrons. The predicted molar refractivity (Wildman–Crippen MR) is 95.0 cm³/mol. The molecule has 2 atom stereocenters. The molecule has 2 saturated heterocycles. The molecule has 130 valence electrons. The first-order valence-electron chi connectivity index (χ1n) is 8.83. The number of nitrogens with zero attached hydrogens (tertiary/aromatic N) is 3. The number of hydrogen-bond acceptors (Lipinski definition) is 4. The van der Waals surface area contributed by atoms with E-state index in [0.29, 0.717) is 30.9 Å². The van der Waals surface area contributed by atoms with Crippen LogP contribution in [0, 0.1) is 6.92 Å². The lowest BCUT2D eigenvalue weighted by atomic mass is 10.1. The van der Waals surface area contributed by atoms with E-state index in [4.69, 9.17) is 0 Å². The average Bonchev–Trinajstić information content (AvgIpc) is 2.94. The van der Waals surface area contributed by atoms with Crippen LogP contribution in [0.4, 0.5) is 0 Å². The van der Waals surface area contributed by atoms with Gasteiger partial charge in [-0.25, -0.2) is 4.68 Å². The Morgan fingerprint density at radius 2 is 1.92 bits per heavy atom. The Balaban J connectivity index is 1.67. The van der Waals surface area contributed by atoms with Gasteiger partial charge in [0.05, 0.1) is 5.69 Å². The van der Waals surface area contributed by atoms with E-state index < -0.39 is 0 Å². The minimum atomic E-state index is -0.308. The minimum Gasteiger partial charge on any atom is -0.336 e. The second-order valence-electron chi connectivity index (χ2n) is 6.92. The normalized spacial score (nSPS) is 22.7. The lowest BCUT2D eigenvalue weighted by Gasteiger charge is -2.24. The second kappa shape index (κ2) is 6.44. The summed E-state index contributed by atoms with van der Waals surface area (Å²) in [6.45, 7) is 3.15. The van der Waals surface area contributed by atoms with Gasteiger partial charge in [-0.2, -0.15) is 5.10 Å². The van der Waals surface area contributed by atoms with Gasteiger partial charge in [0.2, 0.25) is 5.43 Å². The van der Waals surface area contributed by atoms with E-state index in [-0.39, 0.29) is 17.0 Å². The summed E-state index contributed by atoms with van der Waals surface area (Å²) in [5.41, 5.74) is 1.25. The van der Waals surface area contributed by atoms with Crippen LogP contribution in [-0.4, -0.2) is 45.8 Å². The molecule has 2 aliphatic heterocycles. The highest BCUT2D eigenvalue weighted by Gasteiger charge is 2.32. The van der Waals surface area contributed by atoms with E-state index in [2.05, 4.69) is 10.4 Å². The van der Waals surface area contributed by atoms with Crippen molar-refractivity contribution in [1.82, 2.24) is 20.0 Å². The van der Waals surface area contributed by atoms with E-state index in [1.807, 2.05) is 37.3 Å². The molecule has 2 aliphatic rings. The zero-order chi connectivity index (χ0) is 17.4. The van der Waals surface area contributed by atoms with Crippen molar-refractivity contribution in [3.8, 4) is 5.69 Å². The van der Waals surface area contributed by atoms with Gasteiger partial charge in [-0.3, -0.25) is 9.59 Å². The number of benzene rings is 1. The van der Waals surface area contributed by atoms with Crippen LogP contribution in [0.15, 0.2) is 41.2 Å². The van der Waals surface area contributed by atoms with Crippen molar-refractivity contribution in [2.45, 2.75) is 38.3 Å². The van der Waals surface area contributed by atoms with Gasteiger partial charge in [-0.15, -0.1) is 0 Å². The fraction of sp³-hybridized carbons (Fsp3) is 0.421. The van der Waals surface area contributed by atoms with Gasteiger partial charge in [0.15, 0.2) is 5.69 Å². The molecule has 6 nitrogen and oxygen atoms in total. The monoisotopic (exact) mass is 338 g/mol. The van der Waals surface area contributed by atoms with Crippen molar-refractivity contribution in [2.24, 2.45) is 0 Å². The quantitative estimate of drug-likeness (QED) is 0.901. The van der Waals surface area contributed by atoms with Crippen molar-refractivity contribution in [1.29, 1.82) is 0 Å². The summed E-state index contributed by atoms with van der Waals surface area (Å²) in [7, 11) is 0. The highest BCUT2D eigenvalue weighted by Crippen LogP contribution is 2.21. The third-order valence-electron chi connectivity index (χ3n) is 5.12. The number of amides is 1. The van der Waals surface area contributed by atoms with Crippen LogP contribution in [0.5, 0.6) is 0 Å². The van der Waals surface area contributed by atoms with Crippen LogP contribution >= 0.6 is 0 Å². The standard InChI is InChI=1S/C19H22N4O2/c1-13-11-17(24)18(21-23(13)16-5-3-2-4-6-16)19(25)22-10-9-14-7-8-15(12-22)20-14/h2-6,11,14-15,20H,7-10,12H2,1H3. The Kier molecular flexibility index (Phi) is 4.13. The molecule has 1 amide bonds. The fourth-order valence-corrected chi connectivity index (χ4v) is 3.80.